The normalized spacial score (nSPS) is 13.0. The smallest absolute Gasteiger partial charge is 0.262 e. The van der Waals surface area contributed by atoms with E-state index in [1.54, 1.807) is 12.1 Å². The Morgan fingerprint density at radius 3 is 2.57 bits per heavy atom. The lowest BCUT2D eigenvalue weighted by molar-refractivity contribution is 0.0880. The van der Waals surface area contributed by atoms with Gasteiger partial charge in [0.05, 0.1) is 23.9 Å². The molecule has 0 aliphatic carbocycles. The van der Waals surface area contributed by atoms with Gasteiger partial charge in [0, 0.05) is 16.1 Å². The second-order valence-corrected chi connectivity index (χ2v) is 5.85. The summed E-state index contributed by atoms with van der Waals surface area (Å²) in [4.78, 5) is 36.0. The fourth-order valence-electron chi connectivity index (χ4n) is 2.61. The summed E-state index contributed by atoms with van der Waals surface area (Å²) in [5.74, 6) is -0.905. The van der Waals surface area contributed by atoms with Crippen molar-refractivity contribution >= 4 is 33.6 Å². The molecule has 2 heterocycles. The van der Waals surface area contributed by atoms with E-state index in [9.17, 15) is 14.4 Å². The number of carbonyl (C=O) groups excluding carboxylic acids is 2. The van der Waals surface area contributed by atoms with Gasteiger partial charge in [0.15, 0.2) is 0 Å². The van der Waals surface area contributed by atoms with Gasteiger partial charge in [-0.2, -0.15) is 0 Å². The highest BCUT2D eigenvalue weighted by Gasteiger charge is 2.32. The van der Waals surface area contributed by atoms with E-state index in [1.165, 1.54) is 7.11 Å². The molecule has 118 valence electrons. The van der Waals surface area contributed by atoms with E-state index in [1.807, 2.05) is 6.92 Å². The minimum absolute atomic E-state index is 0.00257. The molecule has 3 N–H and O–H groups in total. The van der Waals surface area contributed by atoms with Crippen LogP contribution >= 0.6 is 15.9 Å². The van der Waals surface area contributed by atoms with Crippen LogP contribution in [0.3, 0.4) is 0 Å². The highest BCUT2D eigenvalue weighted by atomic mass is 79.9. The van der Waals surface area contributed by atoms with Gasteiger partial charge in [-0.3, -0.25) is 24.3 Å². The Hall–Kier alpha value is -2.61. The largest absolute Gasteiger partial charge is 0.494 e. The number of methoxy groups -OCH3 is 1. The number of nitrogens with zero attached hydrogens (tertiary/aromatic N) is 1. The van der Waals surface area contributed by atoms with Crippen molar-refractivity contribution in [3.05, 3.63) is 49.7 Å². The average Bonchev–Trinajstić information content (AvgIpc) is 2.77. The van der Waals surface area contributed by atoms with E-state index >= 15 is 0 Å². The number of fused-ring (bicyclic) bond motifs is 1. The van der Waals surface area contributed by atoms with Crippen LogP contribution in [-0.2, 0) is 0 Å². The molecule has 0 atom stereocenters. The number of aromatic nitrogens is 1. The van der Waals surface area contributed by atoms with Crippen LogP contribution in [-0.4, -0.2) is 23.5 Å². The van der Waals surface area contributed by atoms with Crippen LogP contribution in [0, 0.1) is 6.92 Å². The first-order chi connectivity index (χ1) is 10.9. The van der Waals surface area contributed by atoms with Gasteiger partial charge in [-0.25, -0.2) is 0 Å². The van der Waals surface area contributed by atoms with Crippen LogP contribution in [0.5, 0.6) is 5.75 Å². The quantitative estimate of drug-likeness (QED) is 0.769. The van der Waals surface area contributed by atoms with Gasteiger partial charge < -0.3 is 10.5 Å². The number of anilines is 1. The Morgan fingerprint density at radius 2 is 1.91 bits per heavy atom. The van der Waals surface area contributed by atoms with Gasteiger partial charge in [0.1, 0.15) is 11.6 Å². The molecular weight excluding hydrogens is 366 g/mol. The maximum atomic E-state index is 12.4. The van der Waals surface area contributed by atoms with Crippen LogP contribution in [0.4, 0.5) is 5.82 Å². The molecule has 1 aromatic heterocycles. The second kappa shape index (κ2) is 5.24. The molecule has 1 aromatic carbocycles. The molecule has 0 fully saturated rings. The molecule has 0 bridgehead atoms. The molecule has 2 amide bonds. The number of nitrogens with one attached hydrogen (secondary N) is 1. The van der Waals surface area contributed by atoms with E-state index in [-0.39, 0.29) is 16.9 Å². The standard InChI is InChI=1S/C15H12BrN3O4/c1-6-8(16)3-4-9(12(6)23-2)19-10(20)5-7-11(13(19)17)15(22)18-14(7)21/h3-5H,17H2,1-2H3,(H,18,21,22). The predicted octanol–water partition coefficient (Wildman–Crippen LogP) is 1.38. The van der Waals surface area contributed by atoms with Crippen molar-refractivity contribution in [1.29, 1.82) is 0 Å². The molecule has 7 nitrogen and oxygen atoms in total. The number of pyridine rings is 1. The third kappa shape index (κ3) is 2.14. The Kier molecular flexibility index (Phi) is 3.48. The summed E-state index contributed by atoms with van der Waals surface area (Å²) in [5, 5.41) is 2.13. The average molecular weight is 378 g/mol. The van der Waals surface area contributed by atoms with E-state index in [4.69, 9.17) is 10.5 Å². The number of hydrogen-bond acceptors (Lipinski definition) is 5. The number of benzene rings is 1. The zero-order valence-electron chi connectivity index (χ0n) is 12.3. The summed E-state index contributed by atoms with van der Waals surface area (Å²) >= 11 is 3.39. The number of nitrogen functional groups attached to an aromatic ring is 1. The van der Waals surface area contributed by atoms with Crippen LogP contribution in [0.15, 0.2) is 27.5 Å². The Balaban J connectivity index is 2.38. The van der Waals surface area contributed by atoms with Crippen LogP contribution in [0.25, 0.3) is 5.69 Å². The van der Waals surface area contributed by atoms with Gasteiger partial charge in [0.25, 0.3) is 17.4 Å². The SMILES string of the molecule is COc1c(-n2c(N)c3c(cc2=O)C(=O)NC3=O)ccc(Br)c1C. The fraction of sp³-hybridized carbons (Fsp3) is 0.133. The summed E-state index contributed by atoms with van der Waals surface area (Å²) in [6, 6.07) is 4.50. The monoisotopic (exact) mass is 377 g/mol. The number of nitrogens with two attached hydrogens (primary N) is 1. The molecule has 0 saturated carbocycles. The molecule has 3 rings (SSSR count). The van der Waals surface area contributed by atoms with Crippen molar-refractivity contribution in [3.63, 3.8) is 0 Å². The minimum Gasteiger partial charge on any atom is -0.494 e. The first-order valence-corrected chi connectivity index (χ1v) is 7.40. The summed E-state index contributed by atoms with van der Waals surface area (Å²) in [5.41, 5.74) is 6.65. The number of imide groups is 1. The van der Waals surface area contributed by atoms with Crippen LogP contribution in [0.1, 0.15) is 26.3 Å². The molecule has 1 aliphatic heterocycles. The number of rotatable bonds is 2. The van der Waals surface area contributed by atoms with Gasteiger partial charge in [-0.15, -0.1) is 0 Å². The zero-order chi connectivity index (χ0) is 16.9. The Morgan fingerprint density at radius 1 is 1.22 bits per heavy atom. The highest BCUT2D eigenvalue weighted by molar-refractivity contribution is 9.10. The molecule has 0 spiro atoms. The summed E-state index contributed by atoms with van der Waals surface area (Å²) in [7, 11) is 1.48. The number of hydrogen-bond donors (Lipinski definition) is 2. The third-order valence-electron chi connectivity index (χ3n) is 3.72. The predicted molar refractivity (Wildman–Crippen MR) is 87.2 cm³/mol. The Bertz CT molecular complexity index is 933. The molecule has 1 aliphatic rings. The van der Waals surface area contributed by atoms with Crippen LogP contribution < -0.4 is 21.3 Å². The Labute approximate surface area is 139 Å². The van der Waals surface area contributed by atoms with Gasteiger partial charge in [-0.05, 0) is 19.1 Å². The van der Waals surface area contributed by atoms with Crippen molar-refractivity contribution in [2.75, 3.05) is 12.8 Å². The molecular formula is C15H12BrN3O4. The summed E-state index contributed by atoms with van der Waals surface area (Å²) in [6.45, 7) is 1.82. The topological polar surface area (TPSA) is 103 Å². The maximum absolute atomic E-state index is 12.4. The number of amides is 2. The van der Waals surface area contributed by atoms with Crippen molar-refractivity contribution < 1.29 is 14.3 Å². The lowest BCUT2D eigenvalue weighted by Crippen LogP contribution is -2.24. The minimum atomic E-state index is -0.625. The highest BCUT2D eigenvalue weighted by Crippen LogP contribution is 2.34. The molecule has 2 aromatic rings. The molecule has 8 heteroatoms. The van der Waals surface area contributed by atoms with Gasteiger partial charge in [-0.1, -0.05) is 15.9 Å². The van der Waals surface area contributed by atoms with E-state index in [0.717, 1.165) is 20.7 Å². The van der Waals surface area contributed by atoms with Crippen molar-refractivity contribution in [3.8, 4) is 11.4 Å². The number of ether oxygens (including phenoxy) is 1. The van der Waals surface area contributed by atoms with E-state index in [2.05, 4.69) is 21.2 Å². The van der Waals surface area contributed by atoms with E-state index < -0.39 is 17.4 Å². The lowest BCUT2D eigenvalue weighted by Gasteiger charge is -2.17. The maximum Gasteiger partial charge on any atom is 0.262 e. The zero-order valence-corrected chi connectivity index (χ0v) is 13.9. The van der Waals surface area contributed by atoms with Crippen LogP contribution in [0.2, 0.25) is 0 Å². The van der Waals surface area contributed by atoms with Crippen molar-refractivity contribution in [1.82, 2.24) is 9.88 Å². The number of halogens is 1. The summed E-state index contributed by atoms with van der Waals surface area (Å²) < 4.78 is 7.34. The molecule has 0 radical (unpaired) electrons. The van der Waals surface area contributed by atoms with Crippen molar-refractivity contribution in [2.24, 2.45) is 0 Å². The van der Waals surface area contributed by atoms with Gasteiger partial charge >= 0.3 is 0 Å². The second-order valence-electron chi connectivity index (χ2n) is 5.00. The fourth-order valence-corrected chi connectivity index (χ4v) is 2.93. The first-order valence-electron chi connectivity index (χ1n) is 6.61. The van der Waals surface area contributed by atoms with Crippen molar-refractivity contribution in [2.45, 2.75) is 6.92 Å². The third-order valence-corrected chi connectivity index (χ3v) is 4.58. The number of carbonyl (C=O) groups is 2. The molecule has 23 heavy (non-hydrogen) atoms. The molecule has 0 saturated heterocycles. The van der Waals surface area contributed by atoms with Gasteiger partial charge in [0.2, 0.25) is 0 Å². The molecule has 0 unspecified atom stereocenters. The lowest BCUT2D eigenvalue weighted by atomic mass is 10.1. The first kappa shape index (κ1) is 15.3. The summed E-state index contributed by atoms with van der Waals surface area (Å²) in [6.07, 6.45) is 0. The van der Waals surface area contributed by atoms with E-state index in [0.29, 0.717) is 11.4 Å².